The zero-order valence-corrected chi connectivity index (χ0v) is 10.9. The first-order valence-corrected chi connectivity index (χ1v) is 6.55. The molecule has 1 aromatic heterocycles. The largest absolute Gasteiger partial charge is 0.505 e. The lowest BCUT2D eigenvalue weighted by molar-refractivity contribution is 0.102. The van der Waals surface area contributed by atoms with Gasteiger partial charge in [0.15, 0.2) is 0 Å². The van der Waals surface area contributed by atoms with Crippen LogP contribution in [0.4, 0.5) is 11.4 Å². The fourth-order valence-electron chi connectivity index (χ4n) is 2.33. The van der Waals surface area contributed by atoms with E-state index in [-0.39, 0.29) is 17.2 Å². The number of carbonyl (C=O) groups is 1. The van der Waals surface area contributed by atoms with Crippen molar-refractivity contribution < 1.29 is 9.90 Å². The lowest BCUT2D eigenvalue weighted by Crippen LogP contribution is -2.14. The van der Waals surface area contributed by atoms with Crippen molar-refractivity contribution in [3.05, 3.63) is 47.8 Å². The van der Waals surface area contributed by atoms with Gasteiger partial charge in [0.05, 0.1) is 11.8 Å². The van der Waals surface area contributed by atoms with Crippen LogP contribution in [0.15, 0.2) is 36.7 Å². The first-order valence-electron chi connectivity index (χ1n) is 6.55. The number of pyridine rings is 1. The van der Waals surface area contributed by atoms with Gasteiger partial charge in [-0.1, -0.05) is 0 Å². The first-order chi connectivity index (χ1) is 9.74. The van der Waals surface area contributed by atoms with Gasteiger partial charge in [-0.25, -0.2) is 0 Å². The number of nitrogens with one attached hydrogen (secondary N) is 2. The molecule has 1 aliphatic rings. The third kappa shape index (κ3) is 2.42. The smallest absolute Gasteiger partial charge is 0.259 e. The Hall–Kier alpha value is -2.56. The summed E-state index contributed by atoms with van der Waals surface area (Å²) in [7, 11) is 0. The van der Waals surface area contributed by atoms with Crippen LogP contribution in [0.5, 0.6) is 5.75 Å². The molecule has 0 unspecified atom stereocenters. The van der Waals surface area contributed by atoms with Gasteiger partial charge >= 0.3 is 0 Å². The summed E-state index contributed by atoms with van der Waals surface area (Å²) >= 11 is 0. The summed E-state index contributed by atoms with van der Waals surface area (Å²) in [5.41, 5.74) is 3.28. The SMILES string of the molecule is O=C(Nc1ccc2c(c1)CCCN2)c1ccncc1O. The van der Waals surface area contributed by atoms with E-state index in [9.17, 15) is 9.90 Å². The number of anilines is 2. The maximum absolute atomic E-state index is 12.1. The number of hydrogen-bond acceptors (Lipinski definition) is 4. The second-order valence-electron chi connectivity index (χ2n) is 4.75. The molecule has 1 amide bonds. The van der Waals surface area contributed by atoms with E-state index in [0.717, 1.165) is 30.8 Å². The number of fused-ring (bicyclic) bond motifs is 1. The fourth-order valence-corrected chi connectivity index (χ4v) is 2.33. The Morgan fingerprint density at radius 2 is 2.25 bits per heavy atom. The highest BCUT2D eigenvalue weighted by molar-refractivity contribution is 6.06. The summed E-state index contributed by atoms with van der Waals surface area (Å²) in [6, 6.07) is 7.28. The van der Waals surface area contributed by atoms with Gasteiger partial charge in [-0.05, 0) is 42.7 Å². The van der Waals surface area contributed by atoms with Gasteiger partial charge in [-0.3, -0.25) is 9.78 Å². The average molecular weight is 269 g/mol. The van der Waals surface area contributed by atoms with Crippen LogP contribution < -0.4 is 10.6 Å². The normalized spacial score (nSPS) is 13.2. The summed E-state index contributed by atoms with van der Waals surface area (Å²) in [5.74, 6) is -0.460. The Morgan fingerprint density at radius 3 is 3.10 bits per heavy atom. The van der Waals surface area contributed by atoms with Crippen LogP contribution in [-0.4, -0.2) is 22.5 Å². The molecular formula is C15H15N3O2. The lowest BCUT2D eigenvalue weighted by Gasteiger charge is -2.18. The molecule has 1 aromatic carbocycles. The minimum Gasteiger partial charge on any atom is -0.505 e. The van der Waals surface area contributed by atoms with E-state index in [2.05, 4.69) is 15.6 Å². The second kappa shape index (κ2) is 5.21. The minimum absolute atomic E-state index is 0.121. The van der Waals surface area contributed by atoms with Crippen LogP contribution in [0, 0.1) is 0 Å². The predicted octanol–water partition coefficient (Wildman–Crippen LogP) is 2.40. The number of benzene rings is 1. The summed E-state index contributed by atoms with van der Waals surface area (Å²) in [5, 5.41) is 15.7. The molecule has 0 bridgehead atoms. The van der Waals surface area contributed by atoms with Crippen molar-refractivity contribution >= 4 is 17.3 Å². The topological polar surface area (TPSA) is 74.2 Å². The van der Waals surface area contributed by atoms with Crippen molar-refractivity contribution in [2.24, 2.45) is 0 Å². The Kier molecular flexibility index (Phi) is 3.25. The molecule has 102 valence electrons. The first kappa shape index (κ1) is 12.5. The van der Waals surface area contributed by atoms with Crippen molar-refractivity contribution in [3.63, 3.8) is 0 Å². The van der Waals surface area contributed by atoms with Crippen LogP contribution in [-0.2, 0) is 6.42 Å². The lowest BCUT2D eigenvalue weighted by atomic mass is 10.0. The Bertz CT molecular complexity index is 655. The monoisotopic (exact) mass is 269 g/mol. The van der Waals surface area contributed by atoms with E-state index in [1.165, 1.54) is 24.0 Å². The van der Waals surface area contributed by atoms with Crippen LogP contribution in [0.1, 0.15) is 22.3 Å². The van der Waals surface area contributed by atoms with Crippen molar-refractivity contribution in [2.45, 2.75) is 12.8 Å². The number of aromatic nitrogens is 1. The molecule has 3 N–H and O–H groups in total. The minimum atomic E-state index is -0.339. The highest BCUT2D eigenvalue weighted by Gasteiger charge is 2.13. The molecule has 5 nitrogen and oxygen atoms in total. The quantitative estimate of drug-likeness (QED) is 0.782. The summed E-state index contributed by atoms with van der Waals surface area (Å²) < 4.78 is 0. The number of amides is 1. The van der Waals surface area contributed by atoms with Gasteiger partial charge in [0.1, 0.15) is 5.75 Å². The summed E-state index contributed by atoms with van der Waals surface area (Å²) in [6.45, 7) is 0.990. The van der Waals surface area contributed by atoms with Crippen molar-refractivity contribution in [1.29, 1.82) is 0 Å². The Labute approximate surface area is 116 Å². The molecule has 20 heavy (non-hydrogen) atoms. The van der Waals surface area contributed by atoms with Crippen molar-refractivity contribution in [3.8, 4) is 5.75 Å². The number of carbonyl (C=O) groups excluding carboxylic acids is 1. The van der Waals surface area contributed by atoms with E-state index in [1.54, 1.807) is 0 Å². The molecule has 0 radical (unpaired) electrons. The van der Waals surface area contributed by atoms with E-state index >= 15 is 0 Å². The molecule has 0 atom stereocenters. The third-order valence-corrected chi connectivity index (χ3v) is 3.35. The molecular weight excluding hydrogens is 254 g/mol. The standard InChI is InChI=1S/C15H15N3O2/c19-14-9-16-7-5-12(14)15(20)18-11-3-4-13-10(8-11)2-1-6-17-13/h3-5,7-9,17,19H,1-2,6H2,(H,18,20). The van der Waals surface area contributed by atoms with Gasteiger partial charge in [0.25, 0.3) is 5.91 Å². The molecule has 0 fully saturated rings. The van der Waals surface area contributed by atoms with Crippen LogP contribution in [0.3, 0.4) is 0 Å². The van der Waals surface area contributed by atoms with Crippen LogP contribution in [0.2, 0.25) is 0 Å². The molecule has 3 rings (SSSR count). The van der Waals surface area contributed by atoms with Gasteiger partial charge < -0.3 is 15.7 Å². The summed E-state index contributed by atoms with van der Waals surface area (Å²) in [6.07, 6.45) is 4.83. The number of aromatic hydroxyl groups is 1. The zero-order chi connectivity index (χ0) is 13.9. The number of nitrogens with zero attached hydrogens (tertiary/aromatic N) is 1. The fraction of sp³-hybridized carbons (Fsp3) is 0.200. The highest BCUT2D eigenvalue weighted by Crippen LogP contribution is 2.25. The van der Waals surface area contributed by atoms with E-state index in [1.807, 2.05) is 18.2 Å². The molecule has 2 heterocycles. The molecule has 5 heteroatoms. The molecule has 0 saturated heterocycles. The van der Waals surface area contributed by atoms with Crippen molar-refractivity contribution in [1.82, 2.24) is 4.98 Å². The maximum atomic E-state index is 12.1. The summed E-state index contributed by atoms with van der Waals surface area (Å²) in [4.78, 5) is 15.8. The predicted molar refractivity (Wildman–Crippen MR) is 77.1 cm³/mol. The van der Waals surface area contributed by atoms with Gasteiger partial charge in [0.2, 0.25) is 0 Å². The number of rotatable bonds is 2. The van der Waals surface area contributed by atoms with Crippen LogP contribution in [0.25, 0.3) is 0 Å². The van der Waals surface area contributed by atoms with E-state index in [0.29, 0.717) is 0 Å². The van der Waals surface area contributed by atoms with Crippen molar-refractivity contribution in [2.75, 3.05) is 17.2 Å². The third-order valence-electron chi connectivity index (χ3n) is 3.35. The van der Waals surface area contributed by atoms with Gasteiger partial charge in [-0.2, -0.15) is 0 Å². The van der Waals surface area contributed by atoms with E-state index in [4.69, 9.17) is 0 Å². The zero-order valence-electron chi connectivity index (χ0n) is 10.9. The molecule has 2 aromatic rings. The van der Waals surface area contributed by atoms with Gasteiger partial charge in [-0.15, -0.1) is 0 Å². The Morgan fingerprint density at radius 1 is 1.35 bits per heavy atom. The number of hydrogen-bond donors (Lipinski definition) is 3. The molecule has 0 saturated carbocycles. The number of aryl methyl sites for hydroxylation is 1. The Balaban J connectivity index is 1.81. The van der Waals surface area contributed by atoms with E-state index < -0.39 is 0 Å². The van der Waals surface area contributed by atoms with Crippen LogP contribution >= 0.6 is 0 Å². The maximum Gasteiger partial charge on any atom is 0.259 e. The van der Waals surface area contributed by atoms with Gasteiger partial charge in [0, 0.05) is 24.1 Å². The second-order valence-corrected chi connectivity index (χ2v) is 4.75. The highest BCUT2D eigenvalue weighted by atomic mass is 16.3. The molecule has 1 aliphatic heterocycles. The molecule has 0 aliphatic carbocycles. The average Bonchev–Trinajstić information content (AvgIpc) is 2.47. The molecule has 0 spiro atoms.